The van der Waals surface area contributed by atoms with E-state index in [-0.39, 0.29) is 0 Å². The number of likely N-dealkylation sites (N-methyl/N-ethyl adjacent to an activating group) is 1. The van der Waals surface area contributed by atoms with Gasteiger partial charge in [-0.15, -0.1) is 0 Å². The molecule has 0 unspecified atom stereocenters. The van der Waals surface area contributed by atoms with Crippen molar-refractivity contribution in [1.29, 1.82) is 0 Å². The summed E-state index contributed by atoms with van der Waals surface area (Å²) in [6.45, 7) is 18.0. The zero-order valence-corrected chi connectivity index (χ0v) is 14.6. The second-order valence-electron chi connectivity index (χ2n) is 7.47. The summed E-state index contributed by atoms with van der Waals surface area (Å²) >= 11 is 0. The highest BCUT2D eigenvalue weighted by Crippen LogP contribution is 2.17. The van der Waals surface area contributed by atoms with Crippen LogP contribution in [0.4, 0.5) is 0 Å². The van der Waals surface area contributed by atoms with E-state index in [1.54, 1.807) is 0 Å². The maximum Gasteiger partial charge on any atom is 0.0281 e. The van der Waals surface area contributed by atoms with E-state index in [4.69, 9.17) is 0 Å². The average Bonchev–Trinajstić information content (AvgIpc) is 2.47. The first-order valence-electron chi connectivity index (χ1n) is 8.52. The molecule has 0 aliphatic carbocycles. The largest absolute Gasteiger partial charge is 0.314 e. The van der Waals surface area contributed by atoms with E-state index in [9.17, 15) is 0 Å². The van der Waals surface area contributed by atoms with Gasteiger partial charge < -0.3 is 10.2 Å². The Hall–Kier alpha value is -0.200. The Kier molecular flexibility index (Phi) is 6.44. The zero-order chi connectivity index (χ0) is 15.3. The van der Waals surface area contributed by atoms with Crippen LogP contribution >= 0.6 is 0 Å². The predicted octanol–water partition coefficient (Wildman–Crippen LogP) is -0.151. The van der Waals surface area contributed by atoms with Crippen molar-refractivity contribution < 1.29 is 0 Å². The molecule has 0 radical (unpaired) electrons. The van der Waals surface area contributed by atoms with E-state index in [0.29, 0.717) is 5.54 Å². The molecule has 2 fully saturated rings. The van der Waals surface area contributed by atoms with Crippen molar-refractivity contribution in [3.05, 3.63) is 0 Å². The van der Waals surface area contributed by atoms with Crippen LogP contribution in [0.25, 0.3) is 0 Å². The molecule has 2 saturated heterocycles. The molecular weight excluding hydrogens is 262 g/mol. The minimum Gasteiger partial charge on any atom is -0.314 e. The first-order chi connectivity index (χ1) is 9.97. The quantitative estimate of drug-likeness (QED) is 0.735. The maximum absolute atomic E-state index is 3.45. The second kappa shape index (κ2) is 7.88. The van der Waals surface area contributed by atoms with Crippen LogP contribution in [0.3, 0.4) is 0 Å². The Morgan fingerprint density at radius 3 is 2.05 bits per heavy atom. The van der Waals surface area contributed by atoms with Gasteiger partial charge in [0.15, 0.2) is 0 Å². The highest BCUT2D eigenvalue weighted by atomic mass is 15.3. The number of nitrogens with one attached hydrogen (secondary N) is 1. The summed E-state index contributed by atoms with van der Waals surface area (Å²) in [7, 11) is 4.32. The van der Waals surface area contributed by atoms with Crippen LogP contribution in [0.1, 0.15) is 13.8 Å². The Bertz CT molecular complexity index is 291. The van der Waals surface area contributed by atoms with Gasteiger partial charge in [-0.25, -0.2) is 0 Å². The summed E-state index contributed by atoms with van der Waals surface area (Å²) in [5, 5.41) is 3.45. The van der Waals surface area contributed by atoms with Crippen LogP contribution in [-0.4, -0.2) is 111 Å². The Labute approximate surface area is 131 Å². The van der Waals surface area contributed by atoms with E-state index in [1.165, 1.54) is 58.9 Å². The first kappa shape index (κ1) is 17.2. The molecule has 2 aliphatic heterocycles. The van der Waals surface area contributed by atoms with Crippen LogP contribution < -0.4 is 5.32 Å². The summed E-state index contributed by atoms with van der Waals surface area (Å²) in [5.41, 5.74) is 0.300. The summed E-state index contributed by atoms with van der Waals surface area (Å²) in [4.78, 5) is 10.2. The smallest absolute Gasteiger partial charge is 0.0281 e. The molecule has 124 valence electrons. The van der Waals surface area contributed by atoms with Crippen LogP contribution in [-0.2, 0) is 0 Å². The number of hydrogen-bond donors (Lipinski definition) is 1. The van der Waals surface area contributed by atoms with Gasteiger partial charge in [-0.05, 0) is 27.9 Å². The minimum absolute atomic E-state index is 0.300. The lowest BCUT2D eigenvalue weighted by Gasteiger charge is -2.45. The number of rotatable bonds is 6. The van der Waals surface area contributed by atoms with Crippen molar-refractivity contribution >= 4 is 0 Å². The fraction of sp³-hybridized carbons (Fsp3) is 1.00. The summed E-state index contributed by atoms with van der Waals surface area (Å²) < 4.78 is 0. The van der Waals surface area contributed by atoms with Gasteiger partial charge in [-0.1, -0.05) is 0 Å². The zero-order valence-electron chi connectivity index (χ0n) is 14.6. The van der Waals surface area contributed by atoms with E-state index in [2.05, 4.69) is 52.9 Å². The molecule has 5 heteroatoms. The SMILES string of the molecule is CN(C)CCN1CCN(CC(C)(C)N2CCNCC2)CC1. The van der Waals surface area contributed by atoms with Crippen LogP contribution in [0.2, 0.25) is 0 Å². The van der Waals surface area contributed by atoms with Crippen LogP contribution in [0.5, 0.6) is 0 Å². The maximum atomic E-state index is 3.45. The summed E-state index contributed by atoms with van der Waals surface area (Å²) in [6.07, 6.45) is 0. The lowest BCUT2D eigenvalue weighted by Crippen LogP contribution is -2.59. The fourth-order valence-corrected chi connectivity index (χ4v) is 3.43. The van der Waals surface area contributed by atoms with Crippen LogP contribution in [0.15, 0.2) is 0 Å². The van der Waals surface area contributed by atoms with Gasteiger partial charge in [-0.3, -0.25) is 14.7 Å². The molecule has 2 rings (SSSR count). The molecule has 0 saturated carbocycles. The molecule has 0 amide bonds. The summed E-state index contributed by atoms with van der Waals surface area (Å²) in [5.74, 6) is 0. The van der Waals surface area contributed by atoms with Crippen molar-refractivity contribution in [3.63, 3.8) is 0 Å². The third kappa shape index (κ3) is 5.49. The van der Waals surface area contributed by atoms with Gasteiger partial charge in [0.05, 0.1) is 0 Å². The van der Waals surface area contributed by atoms with Gasteiger partial charge in [0.1, 0.15) is 0 Å². The highest BCUT2D eigenvalue weighted by Gasteiger charge is 2.30. The van der Waals surface area contributed by atoms with Crippen molar-refractivity contribution in [1.82, 2.24) is 24.9 Å². The molecule has 0 aromatic rings. The molecule has 0 aromatic heterocycles. The molecular formula is C16H35N5. The molecule has 0 atom stereocenters. The summed E-state index contributed by atoms with van der Waals surface area (Å²) in [6, 6.07) is 0. The number of nitrogens with zero attached hydrogens (tertiary/aromatic N) is 4. The minimum atomic E-state index is 0.300. The molecule has 1 N–H and O–H groups in total. The lowest BCUT2D eigenvalue weighted by molar-refractivity contribution is 0.0404. The molecule has 2 aliphatic rings. The third-order valence-corrected chi connectivity index (χ3v) is 4.91. The topological polar surface area (TPSA) is 25.0 Å². The Balaban J connectivity index is 1.72. The number of hydrogen-bond acceptors (Lipinski definition) is 5. The molecule has 2 heterocycles. The molecule has 21 heavy (non-hydrogen) atoms. The van der Waals surface area contributed by atoms with Gasteiger partial charge in [0, 0.05) is 77.5 Å². The molecule has 0 bridgehead atoms. The van der Waals surface area contributed by atoms with Crippen molar-refractivity contribution in [3.8, 4) is 0 Å². The van der Waals surface area contributed by atoms with Gasteiger partial charge in [-0.2, -0.15) is 0 Å². The predicted molar refractivity (Wildman–Crippen MR) is 90.0 cm³/mol. The standard InChI is InChI=1S/C16H35N5/c1-16(2,21-7-5-17-6-8-21)15-20-13-11-19(12-14-20)10-9-18(3)4/h17H,5-15H2,1-4H3. The van der Waals surface area contributed by atoms with E-state index in [0.717, 1.165) is 13.1 Å². The van der Waals surface area contributed by atoms with Crippen molar-refractivity contribution in [2.45, 2.75) is 19.4 Å². The van der Waals surface area contributed by atoms with E-state index < -0.39 is 0 Å². The first-order valence-corrected chi connectivity index (χ1v) is 8.52. The van der Waals surface area contributed by atoms with Gasteiger partial charge in [0.2, 0.25) is 0 Å². The normalized spacial score (nSPS) is 23.9. The third-order valence-electron chi connectivity index (χ3n) is 4.91. The fourth-order valence-electron chi connectivity index (χ4n) is 3.43. The number of piperazine rings is 2. The Morgan fingerprint density at radius 1 is 0.905 bits per heavy atom. The molecule has 0 aromatic carbocycles. The van der Waals surface area contributed by atoms with Gasteiger partial charge in [0.25, 0.3) is 0 Å². The monoisotopic (exact) mass is 297 g/mol. The molecule has 5 nitrogen and oxygen atoms in total. The lowest BCUT2D eigenvalue weighted by atomic mass is 10.0. The highest BCUT2D eigenvalue weighted by molar-refractivity contribution is 4.89. The van der Waals surface area contributed by atoms with Gasteiger partial charge >= 0.3 is 0 Å². The van der Waals surface area contributed by atoms with Crippen molar-refractivity contribution in [2.24, 2.45) is 0 Å². The second-order valence-corrected chi connectivity index (χ2v) is 7.47. The molecule has 0 spiro atoms. The Morgan fingerprint density at radius 2 is 1.48 bits per heavy atom. The van der Waals surface area contributed by atoms with Crippen LogP contribution in [0, 0.1) is 0 Å². The average molecular weight is 297 g/mol. The van der Waals surface area contributed by atoms with E-state index >= 15 is 0 Å². The van der Waals surface area contributed by atoms with E-state index in [1.807, 2.05) is 0 Å². The van der Waals surface area contributed by atoms with Crippen molar-refractivity contribution in [2.75, 3.05) is 86.1 Å².